The zero-order valence-electron chi connectivity index (χ0n) is 11.0. The number of hydrogen-bond donors (Lipinski definition) is 2. The second-order valence-electron chi connectivity index (χ2n) is 6.40. The van der Waals surface area contributed by atoms with Crippen molar-refractivity contribution in [3.63, 3.8) is 0 Å². The molecular formula is C13H23NO2S. The largest absolute Gasteiger partial charge is 0.480 e. The SMILES string of the molecule is CC(C)(C)C1CCCCC12N[C@H](C(=O)O)CS2. The third-order valence-electron chi connectivity index (χ3n) is 4.12. The first-order valence-electron chi connectivity index (χ1n) is 6.50. The molecule has 0 aromatic heterocycles. The smallest absolute Gasteiger partial charge is 0.321 e. The number of aliphatic carboxylic acids is 1. The van der Waals surface area contributed by atoms with E-state index in [2.05, 4.69) is 26.1 Å². The van der Waals surface area contributed by atoms with Crippen molar-refractivity contribution in [3.05, 3.63) is 0 Å². The highest BCUT2D eigenvalue weighted by Gasteiger charge is 2.51. The molecule has 0 radical (unpaired) electrons. The van der Waals surface area contributed by atoms with E-state index in [1.165, 1.54) is 19.3 Å². The molecule has 0 amide bonds. The van der Waals surface area contributed by atoms with Crippen LogP contribution in [0.1, 0.15) is 46.5 Å². The number of hydrogen-bond acceptors (Lipinski definition) is 3. The van der Waals surface area contributed by atoms with Crippen LogP contribution in [-0.4, -0.2) is 27.7 Å². The molecule has 2 aliphatic rings. The molecule has 1 aliphatic carbocycles. The zero-order valence-corrected chi connectivity index (χ0v) is 11.8. The van der Waals surface area contributed by atoms with Gasteiger partial charge in [0.1, 0.15) is 6.04 Å². The van der Waals surface area contributed by atoms with Crippen molar-refractivity contribution in [2.24, 2.45) is 11.3 Å². The Labute approximate surface area is 108 Å². The van der Waals surface area contributed by atoms with Crippen LogP contribution in [-0.2, 0) is 4.79 Å². The highest BCUT2D eigenvalue weighted by Crippen LogP contribution is 2.52. The van der Waals surface area contributed by atoms with E-state index in [4.69, 9.17) is 5.11 Å². The Morgan fingerprint density at radius 1 is 1.41 bits per heavy atom. The van der Waals surface area contributed by atoms with Gasteiger partial charge in [-0.05, 0) is 24.2 Å². The van der Waals surface area contributed by atoms with Crippen molar-refractivity contribution in [1.29, 1.82) is 0 Å². The van der Waals surface area contributed by atoms with Crippen molar-refractivity contribution in [2.75, 3.05) is 5.75 Å². The summed E-state index contributed by atoms with van der Waals surface area (Å²) in [6.45, 7) is 6.84. The van der Waals surface area contributed by atoms with Gasteiger partial charge in [0, 0.05) is 5.75 Å². The van der Waals surface area contributed by atoms with Crippen LogP contribution < -0.4 is 5.32 Å². The van der Waals surface area contributed by atoms with Crippen LogP contribution >= 0.6 is 11.8 Å². The molecule has 1 saturated carbocycles. The third-order valence-corrected chi connectivity index (χ3v) is 5.75. The molecule has 1 aliphatic heterocycles. The van der Waals surface area contributed by atoms with Gasteiger partial charge in [-0.25, -0.2) is 0 Å². The van der Waals surface area contributed by atoms with Gasteiger partial charge < -0.3 is 5.11 Å². The van der Waals surface area contributed by atoms with Crippen molar-refractivity contribution in [1.82, 2.24) is 5.32 Å². The molecule has 0 aromatic carbocycles. The number of rotatable bonds is 1. The summed E-state index contributed by atoms with van der Waals surface area (Å²) in [5.41, 5.74) is 0.244. The predicted molar refractivity (Wildman–Crippen MR) is 71.2 cm³/mol. The number of thioether (sulfide) groups is 1. The lowest BCUT2D eigenvalue weighted by molar-refractivity contribution is -0.139. The van der Waals surface area contributed by atoms with Crippen molar-refractivity contribution in [2.45, 2.75) is 57.4 Å². The highest BCUT2D eigenvalue weighted by atomic mass is 32.2. The first-order chi connectivity index (χ1) is 7.85. The predicted octanol–water partition coefficient (Wildman–Crippen LogP) is 2.71. The van der Waals surface area contributed by atoms with E-state index < -0.39 is 5.97 Å². The van der Waals surface area contributed by atoms with Crippen LogP contribution in [0.25, 0.3) is 0 Å². The third kappa shape index (κ3) is 2.48. The molecule has 1 saturated heterocycles. The lowest BCUT2D eigenvalue weighted by Gasteiger charge is -2.47. The summed E-state index contributed by atoms with van der Waals surface area (Å²) in [5.74, 6) is 0.577. The van der Waals surface area contributed by atoms with Gasteiger partial charge in [-0.2, -0.15) is 0 Å². The minimum atomic E-state index is -0.701. The minimum Gasteiger partial charge on any atom is -0.480 e. The summed E-state index contributed by atoms with van der Waals surface area (Å²) in [5, 5.41) is 12.6. The summed E-state index contributed by atoms with van der Waals surface area (Å²) in [7, 11) is 0. The van der Waals surface area contributed by atoms with Crippen LogP contribution in [0.4, 0.5) is 0 Å². The molecule has 1 spiro atoms. The van der Waals surface area contributed by atoms with E-state index in [0.29, 0.717) is 11.7 Å². The summed E-state index contributed by atoms with van der Waals surface area (Å²) in [6.07, 6.45) is 4.84. The molecular weight excluding hydrogens is 234 g/mol. The average molecular weight is 257 g/mol. The lowest BCUT2D eigenvalue weighted by Crippen LogP contribution is -2.54. The molecule has 0 aromatic rings. The zero-order chi connectivity index (χ0) is 12.7. The molecule has 2 fully saturated rings. The molecule has 4 heteroatoms. The van der Waals surface area contributed by atoms with Gasteiger partial charge in [0.2, 0.25) is 0 Å². The Kier molecular flexibility index (Phi) is 3.47. The molecule has 0 bridgehead atoms. The molecule has 3 nitrogen and oxygen atoms in total. The van der Waals surface area contributed by atoms with Crippen LogP contribution in [0.3, 0.4) is 0 Å². The molecule has 98 valence electrons. The summed E-state index contributed by atoms with van der Waals surface area (Å²) in [4.78, 5) is 11.1. The topological polar surface area (TPSA) is 49.3 Å². The van der Waals surface area contributed by atoms with Gasteiger partial charge in [-0.15, -0.1) is 11.8 Å². The summed E-state index contributed by atoms with van der Waals surface area (Å²) < 4.78 is 0. The number of carboxylic acid groups (broad SMARTS) is 1. The van der Waals surface area contributed by atoms with Gasteiger partial charge in [-0.3, -0.25) is 10.1 Å². The van der Waals surface area contributed by atoms with E-state index in [9.17, 15) is 4.79 Å². The van der Waals surface area contributed by atoms with Crippen molar-refractivity contribution < 1.29 is 9.90 Å². The molecule has 17 heavy (non-hydrogen) atoms. The maximum atomic E-state index is 11.1. The van der Waals surface area contributed by atoms with E-state index >= 15 is 0 Å². The fraction of sp³-hybridized carbons (Fsp3) is 0.923. The normalized spacial score (nSPS) is 38.5. The molecule has 2 unspecified atom stereocenters. The summed E-state index contributed by atoms with van der Waals surface area (Å²) >= 11 is 1.85. The number of carbonyl (C=O) groups is 1. The van der Waals surface area contributed by atoms with E-state index in [0.717, 1.165) is 6.42 Å². The van der Waals surface area contributed by atoms with Crippen LogP contribution in [0.2, 0.25) is 0 Å². The first kappa shape index (κ1) is 13.2. The maximum absolute atomic E-state index is 11.1. The van der Waals surface area contributed by atoms with E-state index in [1.54, 1.807) is 0 Å². The Bertz CT molecular complexity index is 313. The monoisotopic (exact) mass is 257 g/mol. The van der Waals surface area contributed by atoms with Gasteiger partial charge >= 0.3 is 5.97 Å². The fourth-order valence-electron chi connectivity index (χ4n) is 3.36. The van der Waals surface area contributed by atoms with Gasteiger partial charge in [0.05, 0.1) is 4.87 Å². The Morgan fingerprint density at radius 2 is 2.12 bits per heavy atom. The van der Waals surface area contributed by atoms with Crippen molar-refractivity contribution in [3.8, 4) is 0 Å². The second-order valence-corrected chi connectivity index (χ2v) is 7.75. The van der Waals surface area contributed by atoms with Gasteiger partial charge in [-0.1, -0.05) is 33.6 Å². The van der Waals surface area contributed by atoms with Crippen LogP contribution in [0.15, 0.2) is 0 Å². The van der Waals surface area contributed by atoms with Crippen LogP contribution in [0, 0.1) is 11.3 Å². The standard InChI is InChI=1S/C13H23NO2S/c1-12(2,3)10-6-4-5-7-13(10)14-9(8-17-13)11(15)16/h9-10,14H,4-8H2,1-3H3,(H,15,16)/t9-,10?,13?/m0/s1. The fourth-order valence-corrected chi connectivity index (χ4v) is 5.24. The molecule has 1 heterocycles. The van der Waals surface area contributed by atoms with Gasteiger partial charge in [0.25, 0.3) is 0 Å². The molecule has 2 rings (SSSR count). The highest BCUT2D eigenvalue weighted by molar-refractivity contribution is 8.01. The van der Waals surface area contributed by atoms with Gasteiger partial charge in [0.15, 0.2) is 0 Å². The average Bonchev–Trinajstić information content (AvgIpc) is 2.62. The summed E-state index contributed by atoms with van der Waals surface area (Å²) in [6, 6.07) is -0.358. The Morgan fingerprint density at radius 3 is 2.65 bits per heavy atom. The maximum Gasteiger partial charge on any atom is 0.321 e. The van der Waals surface area contributed by atoms with E-state index in [-0.39, 0.29) is 16.3 Å². The number of nitrogens with one attached hydrogen (secondary N) is 1. The van der Waals surface area contributed by atoms with Crippen LogP contribution in [0.5, 0.6) is 0 Å². The Balaban J connectivity index is 2.19. The number of carboxylic acids is 1. The lowest BCUT2D eigenvalue weighted by atomic mass is 9.69. The first-order valence-corrected chi connectivity index (χ1v) is 7.48. The second kappa shape index (κ2) is 4.47. The molecule has 3 atom stereocenters. The quantitative estimate of drug-likeness (QED) is 0.758. The minimum absolute atomic E-state index is 0.0134. The van der Waals surface area contributed by atoms with Crippen molar-refractivity contribution >= 4 is 17.7 Å². The van der Waals surface area contributed by atoms with E-state index in [1.807, 2.05) is 11.8 Å². The Hall–Kier alpha value is -0.220. The molecule has 2 N–H and O–H groups in total.